The number of likely N-dealkylation sites (tertiary alicyclic amines) is 1. The summed E-state index contributed by atoms with van der Waals surface area (Å²) in [7, 11) is 0. The number of rotatable bonds is 4. The maximum absolute atomic E-state index is 12.3. The minimum Gasteiger partial charge on any atom is -0.504 e. The lowest BCUT2D eigenvalue weighted by molar-refractivity contribution is -0.275. The van der Waals surface area contributed by atoms with E-state index in [0.29, 0.717) is 18.5 Å². The Kier molecular flexibility index (Phi) is 5.35. The molecule has 0 radical (unpaired) electrons. The molecule has 1 fully saturated rings. The van der Waals surface area contributed by atoms with E-state index in [4.69, 9.17) is 0 Å². The smallest absolute Gasteiger partial charge is 0.504 e. The van der Waals surface area contributed by atoms with Gasteiger partial charge in [-0.3, -0.25) is 4.79 Å². The molecule has 0 saturated carbocycles. The first-order valence-corrected chi connectivity index (χ1v) is 7.28. The number of alkyl halides is 3. The molecular formula is C15H18F3NO4. The van der Waals surface area contributed by atoms with E-state index in [1.807, 2.05) is 0 Å². The molecule has 128 valence electrons. The van der Waals surface area contributed by atoms with Crippen molar-refractivity contribution in [2.45, 2.75) is 38.1 Å². The van der Waals surface area contributed by atoms with Crippen LogP contribution in [0, 0.1) is 0 Å². The largest absolute Gasteiger partial charge is 0.573 e. The summed E-state index contributed by atoms with van der Waals surface area (Å²) < 4.78 is 40.5. The lowest BCUT2D eigenvalue weighted by Gasteiger charge is -2.34. The van der Waals surface area contributed by atoms with Crippen LogP contribution in [0.2, 0.25) is 0 Å². The van der Waals surface area contributed by atoms with Gasteiger partial charge in [0, 0.05) is 6.54 Å². The molecular weight excluding hydrogens is 315 g/mol. The summed E-state index contributed by atoms with van der Waals surface area (Å²) in [6.07, 6.45) is -2.57. The van der Waals surface area contributed by atoms with Crippen LogP contribution in [0.1, 0.15) is 24.8 Å². The average Bonchev–Trinajstić information content (AvgIpc) is 2.49. The van der Waals surface area contributed by atoms with Gasteiger partial charge < -0.3 is 19.8 Å². The number of phenols is 1. The average molecular weight is 333 g/mol. The number of hydrogen-bond donors (Lipinski definition) is 2. The van der Waals surface area contributed by atoms with Gasteiger partial charge >= 0.3 is 6.36 Å². The number of amides is 1. The number of piperidine rings is 1. The third-order valence-electron chi connectivity index (χ3n) is 3.76. The predicted molar refractivity (Wildman–Crippen MR) is 74.9 cm³/mol. The van der Waals surface area contributed by atoms with Gasteiger partial charge in [-0.15, -0.1) is 13.2 Å². The second kappa shape index (κ2) is 7.08. The Balaban J connectivity index is 2.10. The van der Waals surface area contributed by atoms with Gasteiger partial charge in [-0.05, 0) is 37.0 Å². The third-order valence-corrected chi connectivity index (χ3v) is 3.76. The molecule has 1 aliphatic heterocycles. The van der Waals surface area contributed by atoms with Crippen LogP contribution >= 0.6 is 0 Å². The zero-order valence-electron chi connectivity index (χ0n) is 12.3. The molecule has 1 aromatic rings. The van der Waals surface area contributed by atoms with Crippen LogP contribution in [0.4, 0.5) is 13.2 Å². The van der Waals surface area contributed by atoms with Crippen LogP contribution in [0.15, 0.2) is 18.2 Å². The zero-order valence-corrected chi connectivity index (χ0v) is 12.3. The molecule has 23 heavy (non-hydrogen) atoms. The van der Waals surface area contributed by atoms with Crippen molar-refractivity contribution in [1.29, 1.82) is 0 Å². The van der Waals surface area contributed by atoms with Gasteiger partial charge in [-0.2, -0.15) is 0 Å². The van der Waals surface area contributed by atoms with Crippen molar-refractivity contribution >= 4 is 5.91 Å². The number of hydrogen-bond acceptors (Lipinski definition) is 4. The second-order valence-electron chi connectivity index (χ2n) is 5.45. The summed E-state index contributed by atoms with van der Waals surface area (Å²) >= 11 is 0. The SMILES string of the molecule is O=C(Cc1ccc(O)c(OC(F)(F)F)c1)N1CCCCC1CO. The fourth-order valence-corrected chi connectivity index (χ4v) is 2.67. The Hall–Kier alpha value is -1.96. The highest BCUT2D eigenvalue weighted by atomic mass is 19.4. The number of phenolic OH excluding ortho intramolecular Hbond substituents is 1. The Labute approximate surface area is 131 Å². The Bertz CT molecular complexity index is 562. The van der Waals surface area contributed by atoms with Gasteiger partial charge in [0.1, 0.15) is 0 Å². The quantitative estimate of drug-likeness (QED) is 0.886. The van der Waals surface area contributed by atoms with Crippen LogP contribution in [0.25, 0.3) is 0 Å². The fourth-order valence-electron chi connectivity index (χ4n) is 2.67. The molecule has 0 spiro atoms. The highest BCUT2D eigenvalue weighted by molar-refractivity contribution is 5.79. The van der Waals surface area contributed by atoms with Gasteiger partial charge in [-0.1, -0.05) is 6.07 Å². The van der Waals surface area contributed by atoms with E-state index in [9.17, 15) is 28.2 Å². The van der Waals surface area contributed by atoms with Gasteiger partial charge in [0.25, 0.3) is 0 Å². The number of aliphatic hydroxyl groups is 1. The van der Waals surface area contributed by atoms with Crippen LogP contribution in [-0.4, -0.2) is 46.6 Å². The maximum Gasteiger partial charge on any atom is 0.573 e. The summed E-state index contributed by atoms with van der Waals surface area (Å²) in [5.74, 6) is -1.66. The van der Waals surface area contributed by atoms with Crippen molar-refractivity contribution in [3.8, 4) is 11.5 Å². The Morgan fingerprint density at radius 1 is 1.35 bits per heavy atom. The first-order valence-electron chi connectivity index (χ1n) is 7.28. The number of halogens is 3. The normalized spacial score (nSPS) is 18.8. The maximum atomic E-state index is 12.3. The molecule has 0 bridgehead atoms. The molecule has 1 atom stereocenters. The van der Waals surface area contributed by atoms with E-state index in [-0.39, 0.29) is 25.0 Å². The number of benzene rings is 1. The summed E-state index contributed by atoms with van der Waals surface area (Å²) in [5.41, 5.74) is 0.300. The molecule has 8 heteroatoms. The number of carbonyl (C=O) groups excluding carboxylic acids is 1. The molecule has 1 saturated heterocycles. The van der Waals surface area contributed by atoms with Gasteiger partial charge in [0.05, 0.1) is 19.1 Å². The van der Waals surface area contributed by atoms with Crippen molar-refractivity contribution in [3.05, 3.63) is 23.8 Å². The van der Waals surface area contributed by atoms with Crippen molar-refractivity contribution in [3.63, 3.8) is 0 Å². The van der Waals surface area contributed by atoms with Crippen LogP contribution in [-0.2, 0) is 11.2 Å². The molecule has 0 aliphatic carbocycles. The lowest BCUT2D eigenvalue weighted by atomic mass is 10.0. The highest BCUT2D eigenvalue weighted by Gasteiger charge is 2.32. The van der Waals surface area contributed by atoms with E-state index < -0.39 is 17.9 Å². The third kappa shape index (κ3) is 4.75. The first kappa shape index (κ1) is 17.4. The number of aliphatic hydroxyl groups excluding tert-OH is 1. The molecule has 2 N–H and O–H groups in total. The first-order chi connectivity index (χ1) is 10.8. The van der Waals surface area contributed by atoms with E-state index in [1.54, 1.807) is 4.90 Å². The van der Waals surface area contributed by atoms with E-state index in [2.05, 4.69) is 4.74 Å². The minimum atomic E-state index is -4.92. The molecule has 5 nitrogen and oxygen atoms in total. The van der Waals surface area contributed by atoms with E-state index in [0.717, 1.165) is 25.0 Å². The highest BCUT2D eigenvalue weighted by Crippen LogP contribution is 2.32. The number of ether oxygens (including phenoxy) is 1. The summed E-state index contributed by atoms with van der Waals surface area (Å²) in [4.78, 5) is 13.9. The topological polar surface area (TPSA) is 70.0 Å². The van der Waals surface area contributed by atoms with Crippen molar-refractivity contribution in [2.75, 3.05) is 13.2 Å². The number of nitrogens with zero attached hydrogens (tertiary/aromatic N) is 1. The number of carbonyl (C=O) groups is 1. The van der Waals surface area contributed by atoms with Crippen molar-refractivity contribution in [1.82, 2.24) is 4.90 Å². The van der Waals surface area contributed by atoms with Crippen LogP contribution < -0.4 is 4.74 Å². The molecule has 2 rings (SSSR count). The Morgan fingerprint density at radius 3 is 2.74 bits per heavy atom. The molecule has 1 heterocycles. The van der Waals surface area contributed by atoms with Crippen molar-refractivity contribution < 1.29 is 32.9 Å². The van der Waals surface area contributed by atoms with Crippen molar-refractivity contribution in [2.24, 2.45) is 0 Å². The Morgan fingerprint density at radius 2 is 2.09 bits per heavy atom. The van der Waals surface area contributed by atoms with E-state index in [1.165, 1.54) is 6.07 Å². The van der Waals surface area contributed by atoms with Gasteiger partial charge in [0.15, 0.2) is 11.5 Å². The monoisotopic (exact) mass is 333 g/mol. The van der Waals surface area contributed by atoms with Gasteiger partial charge in [0.2, 0.25) is 5.91 Å². The molecule has 0 aromatic heterocycles. The fraction of sp³-hybridized carbons (Fsp3) is 0.533. The molecule has 1 aliphatic rings. The second-order valence-corrected chi connectivity index (χ2v) is 5.45. The predicted octanol–water partition coefficient (Wildman–Crippen LogP) is 2.21. The summed E-state index contributed by atoms with van der Waals surface area (Å²) in [5, 5.41) is 18.7. The minimum absolute atomic E-state index is 0.120. The molecule has 1 unspecified atom stereocenters. The molecule has 1 aromatic carbocycles. The van der Waals surface area contributed by atoms with Crippen LogP contribution in [0.5, 0.6) is 11.5 Å². The summed E-state index contributed by atoms with van der Waals surface area (Å²) in [6.45, 7) is 0.387. The standard InChI is InChI=1S/C15H18F3NO4/c16-15(17,18)23-13-7-10(4-5-12(13)21)8-14(22)19-6-2-1-3-11(19)9-20/h4-5,7,11,20-21H,1-3,6,8-9H2. The lowest BCUT2D eigenvalue weighted by Crippen LogP contribution is -2.46. The molecule has 1 amide bonds. The van der Waals surface area contributed by atoms with Gasteiger partial charge in [-0.25, -0.2) is 0 Å². The summed E-state index contributed by atoms with van der Waals surface area (Å²) in [6, 6.07) is 3.18. The zero-order chi connectivity index (χ0) is 17.0. The van der Waals surface area contributed by atoms with Crippen LogP contribution in [0.3, 0.4) is 0 Å². The number of aromatic hydroxyl groups is 1. The van der Waals surface area contributed by atoms with E-state index >= 15 is 0 Å².